The van der Waals surface area contributed by atoms with Crippen molar-refractivity contribution in [1.82, 2.24) is 0 Å². The topological polar surface area (TPSA) is 87.0 Å². The second-order valence-corrected chi connectivity index (χ2v) is 10.8. The van der Waals surface area contributed by atoms with Gasteiger partial charge in [-0.05, 0) is 86.0 Å². The minimum absolute atomic E-state index is 0.00129. The Labute approximate surface area is 167 Å². The monoisotopic (exact) mass is 390 g/mol. The SMILES string of the molecule is C[C@]12CC[C@H](O)C[C@H]1CC[C@@H]1[C@@H]2CC(O)[C@]2(C)[C@@H](C3=CC(=O)OC3)CC[C@]12O. The molecule has 3 N–H and O–H groups in total. The molecule has 5 nitrogen and oxygen atoms in total. The molecular weight excluding hydrogens is 356 g/mol. The first-order chi connectivity index (χ1) is 13.2. The number of hydrogen-bond donors (Lipinski definition) is 3. The molecule has 0 radical (unpaired) electrons. The highest BCUT2D eigenvalue weighted by Gasteiger charge is 2.70. The van der Waals surface area contributed by atoms with Crippen LogP contribution in [0.5, 0.6) is 0 Å². The van der Waals surface area contributed by atoms with Crippen molar-refractivity contribution in [3.63, 3.8) is 0 Å². The Kier molecular flexibility index (Phi) is 4.12. The van der Waals surface area contributed by atoms with Crippen LogP contribution in [-0.2, 0) is 9.53 Å². The fourth-order valence-corrected chi connectivity index (χ4v) is 8.37. The van der Waals surface area contributed by atoms with Crippen molar-refractivity contribution in [2.24, 2.45) is 34.5 Å². The number of hydrogen-bond acceptors (Lipinski definition) is 5. The Bertz CT molecular complexity index is 718. The molecule has 0 bridgehead atoms. The van der Waals surface area contributed by atoms with Gasteiger partial charge in [0.05, 0.1) is 17.8 Å². The van der Waals surface area contributed by atoms with Gasteiger partial charge in [-0.15, -0.1) is 0 Å². The van der Waals surface area contributed by atoms with Gasteiger partial charge in [0.1, 0.15) is 6.61 Å². The quantitative estimate of drug-likeness (QED) is 0.599. The molecule has 9 atom stereocenters. The Morgan fingerprint density at radius 3 is 2.54 bits per heavy atom. The molecule has 5 aliphatic rings. The van der Waals surface area contributed by atoms with Gasteiger partial charge in [-0.3, -0.25) is 0 Å². The van der Waals surface area contributed by atoms with Crippen LogP contribution >= 0.6 is 0 Å². The lowest BCUT2D eigenvalue weighted by Crippen LogP contribution is -2.67. The summed E-state index contributed by atoms with van der Waals surface area (Å²) in [7, 11) is 0. The third kappa shape index (κ3) is 2.27. The molecule has 4 aliphatic carbocycles. The zero-order valence-electron chi connectivity index (χ0n) is 17.1. The zero-order valence-corrected chi connectivity index (χ0v) is 17.1. The summed E-state index contributed by atoms with van der Waals surface area (Å²) in [6.07, 6.45) is 7.69. The normalized spacial score (nSPS) is 55.8. The standard InChI is InChI=1S/C23H34O5/c1-21-7-5-15(24)10-14(21)3-4-17-18(21)11-19(25)22(2)16(6-8-23(17,22)27)13-9-20(26)28-12-13/h9,14-19,24-25,27H,3-8,10-12H2,1-2H3/t14-,15+,16-,17-,18+,19?,21+,22+,23+/m1/s1. The number of esters is 1. The van der Waals surface area contributed by atoms with Gasteiger partial charge in [-0.25, -0.2) is 4.79 Å². The van der Waals surface area contributed by atoms with Crippen LogP contribution in [0.3, 0.4) is 0 Å². The molecular formula is C23H34O5. The lowest BCUT2D eigenvalue weighted by Gasteiger charge is -2.64. The molecule has 0 aromatic carbocycles. The number of cyclic esters (lactones) is 1. The lowest BCUT2D eigenvalue weighted by atomic mass is 9.42. The van der Waals surface area contributed by atoms with E-state index in [9.17, 15) is 20.1 Å². The second kappa shape index (κ2) is 6.05. The summed E-state index contributed by atoms with van der Waals surface area (Å²) in [4.78, 5) is 11.6. The van der Waals surface area contributed by atoms with Crippen molar-refractivity contribution in [2.75, 3.05) is 6.61 Å². The van der Waals surface area contributed by atoms with Gasteiger partial charge in [0, 0.05) is 11.5 Å². The highest BCUT2D eigenvalue weighted by Crippen LogP contribution is 2.69. The van der Waals surface area contributed by atoms with E-state index in [0.29, 0.717) is 31.3 Å². The third-order valence-corrected chi connectivity index (χ3v) is 10.0. The van der Waals surface area contributed by atoms with Crippen molar-refractivity contribution in [2.45, 2.75) is 83.0 Å². The minimum atomic E-state index is -0.906. The summed E-state index contributed by atoms with van der Waals surface area (Å²) in [6.45, 7) is 4.69. The smallest absolute Gasteiger partial charge is 0.331 e. The van der Waals surface area contributed by atoms with Crippen molar-refractivity contribution >= 4 is 5.97 Å². The Balaban J connectivity index is 1.51. The zero-order chi connectivity index (χ0) is 19.9. The van der Waals surface area contributed by atoms with Crippen molar-refractivity contribution in [3.05, 3.63) is 11.6 Å². The van der Waals surface area contributed by atoms with Crippen LogP contribution in [0.15, 0.2) is 11.6 Å². The van der Waals surface area contributed by atoms with Gasteiger partial charge in [-0.2, -0.15) is 0 Å². The number of fused-ring (bicyclic) bond motifs is 5. The Hall–Kier alpha value is -0.910. The highest BCUT2D eigenvalue weighted by atomic mass is 16.5. The first-order valence-corrected chi connectivity index (χ1v) is 11.2. The van der Waals surface area contributed by atoms with Crippen LogP contribution in [0.25, 0.3) is 0 Å². The summed E-state index contributed by atoms with van der Waals surface area (Å²) < 4.78 is 5.16. The van der Waals surface area contributed by atoms with E-state index >= 15 is 0 Å². The molecule has 0 aromatic heterocycles. The van der Waals surface area contributed by atoms with Gasteiger partial charge in [0.15, 0.2) is 0 Å². The fraction of sp³-hybridized carbons (Fsp3) is 0.870. The second-order valence-electron chi connectivity index (χ2n) is 10.8. The number of carbonyl (C=O) groups is 1. The molecule has 5 heteroatoms. The number of carbonyl (C=O) groups excluding carboxylic acids is 1. The molecule has 0 amide bonds. The van der Waals surface area contributed by atoms with Crippen LogP contribution in [0, 0.1) is 34.5 Å². The largest absolute Gasteiger partial charge is 0.458 e. The summed E-state index contributed by atoms with van der Waals surface area (Å²) in [6, 6.07) is 0. The first kappa shape index (κ1) is 19.1. The summed E-state index contributed by atoms with van der Waals surface area (Å²) in [5.74, 6) is 0.657. The molecule has 0 spiro atoms. The van der Waals surface area contributed by atoms with Crippen LogP contribution < -0.4 is 0 Å². The van der Waals surface area contributed by atoms with Crippen molar-refractivity contribution in [1.29, 1.82) is 0 Å². The van der Waals surface area contributed by atoms with Gasteiger partial charge in [0.25, 0.3) is 0 Å². The molecule has 156 valence electrons. The molecule has 5 rings (SSSR count). The average Bonchev–Trinajstić information content (AvgIpc) is 3.19. The summed E-state index contributed by atoms with van der Waals surface area (Å²) in [5, 5.41) is 33.7. The molecule has 4 saturated carbocycles. The van der Waals surface area contributed by atoms with Crippen molar-refractivity contribution in [3.8, 4) is 0 Å². The predicted molar refractivity (Wildman–Crippen MR) is 103 cm³/mol. The highest BCUT2D eigenvalue weighted by molar-refractivity contribution is 5.85. The van der Waals surface area contributed by atoms with E-state index in [1.54, 1.807) is 6.08 Å². The van der Waals surface area contributed by atoms with E-state index in [2.05, 4.69) is 6.92 Å². The predicted octanol–water partition coefficient (Wildman–Crippen LogP) is 2.58. The Morgan fingerprint density at radius 2 is 1.82 bits per heavy atom. The fourth-order valence-electron chi connectivity index (χ4n) is 8.37. The van der Waals surface area contributed by atoms with Crippen LogP contribution in [-0.4, -0.2) is 45.7 Å². The van der Waals surface area contributed by atoms with E-state index in [1.165, 1.54) is 0 Å². The number of ether oxygens (including phenoxy) is 1. The number of rotatable bonds is 1. The van der Waals surface area contributed by atoms with Gasteiger partial charge in [0.2, 0.25) is 0 Å². The molecule has 1 aliphatic heterocycles. The van der Waals surface area contributed by atoms with Crippen LogP contribution in [0.2, 0.25) is 0 Å². The Morgan fingerprint density at radius 1 is 1.04 bits per heavy atom. The summed E-state index contributed by atoms with van der Waals surface area (Å²) in [5.41, 5.74) is -0.507. The molecule has 0 aromatic rings. The van der Waals surface area contributed by atoms with E-state index in [1.807, 2.05) is 6.92 Å². The molecule has 1 unspecified atom stereocenters. The van der Waals surface area contributed by atoms with E-state index in [-0.39, 0.29) is 29.3 Å². The van der Waals surface area contributed by atoms with Crippen LogP contribution in [0.1, 0.15) is 65.2 Å². The summed E-state index contributed by atoms with van der Waals surface area (Å²) >= 11 is 0. The lowest BCUT2D eigenvalue weighted by molar-refractivity contribution is -0.244. The maximum Gasteiger partial charge on any atom is 0.331 e. The molecule has 0 saturated heterocycles. The van der Waals surface area contributed by atoms with Gasteiger partial charge < -0.3 is 20.1 Å². The first-order valence-electron chi connectivity index (χ1n) is 11.2. The van der Waals surface area contributed by atoms with Crippen molar-refractivity contribution < 1.29 is 24.9 Å². The molecule has 28 heavy (non-hydrogen) atoms. The van der Waals surface area contributed by atoms with E-state index in [4.69, 9.17) is 4.74 Å². The number of aliphatic hydroxyl groups is 3. The average molecular weight is 391 g/mol. The van der Waals surface area contributed by atoms with Crippen LogP contribution in [0.4, 0.5) is 0 Å². The number of aliphatic hydroxyl groups excluding tert-OH is 2. The molecule has 1 heterocycles. The van der Waals surface area contributed by atoms with E-state index < -0.39 is 17.1 Å². The maximum atomic E-state index is 12.1. The maximum absolute atomic E-state index is 12.1. The third-order valence-electron chi connectivity index (χ3n) is 10.0. The van der Waals surface area contributed by atoms with Gasteiger partial charge in [-0.1, -0.05) is 13.8 Å². The minimum Gasteiger partial charge on any atom is -0.458 e. The van der Waals surface area contributed by atoms with E-state index in [0.717, 1.165) is 44.1 Å². The van der Waals surface area contributed by atoms with Gasteiger partial charge >= 0.3 is 5.97 Å². The molecule has 4 fully saturated rings.